The number of piperidine rings is 1. The molecule has 0 saturated carbocycles. The average molecular weight is 284 g/mol. The van der Waals surface area contributed by atoms with Gasteiger partial charge in [-0.2, -0.15) is 11.8 Å². The second-order valence-corrected chi connectivity index (χ2v) is 7.42. The molecule has 0 aromatic rings. The van der Waals surface area contributed by atoms with Crippen LogP contribution in [0, 0.1) is 5.41 Å². The normalized spacial score (nSPS) is 31.9. The fourth-order valence-corrected chi connectivity index (χ4v) is 4.57. The van der Waals surface area contributed by atoms with Crippen LogP contribution in [0.15, 0.2) is 0 Å². The lowest BCUT2D eigenvalue weighted by atomic mass is 9.76. The van der Waals surface area contributed by atoms with Crippen molar-refractivity contribution in [3.63, 3.8) is 0 Å². The van der Waals surface area contributed by atoms with Gasteiger partial charge in [-0.25, -0.2) is 0 Å². The molecule has 0 aliphatic carbocycles. The first kappa shape index (κ1) is 15.2. The van der Waals surface area contributed by atoms with Gasteiger partial charge in [0.15, 0.2) is 0 Å². The number of hydrogen-bond donors (Lipinski definition) is 2. The third kappa shape index (κ3) is 4.12. The smallest absolute Gasteiger partial charge is 0.227 e. The Morgan fingerprint density at radius 2 is 2.32 bits per heavy atom. The molecular formula is C15H28N2OS. The quantitative estimate of drug-likeness (QED) is 0.815. The maximum atomic E-state index is 12.6. The predicted octanol–water partition coefficient (Wildman–Crippen LogP) is 2.56. The number of rotatable bonds is 5. The molecule has 2 fully saturated rings. The zero-order valence-electron chi connectivity index (χ0n) is 12.2. The lowest BCUT2D eigenvalue weighted by molar-refractivity contribution is -0.132. The van der Waals surface area contributed by atoms with Gasteiger partial charge < -0.3 is 10.6 Å². The molecule has 2 rings (SSSR count). The zero-order chi connectivity index (χ0) is 13.6. The van der Waals surface area contributed by atoms with Gasteiger partial charge in [0.1, 0.15) is 0 Å². The van der Waals surface area contributed by atoms with E-state index < -0.39 is 0 Å². The van der Waals surface area contributed by atoms with Crippen LogP contribution in [0.3, 0.4) is 0 Å². The summed E-state index contributed by atoms with van der Waals surface area (Å²) in [5.74, 6) is 1.56. The van der Waals surface area contributed by atoms with Crippen LogP contribution in [-0.2, 0) is 4.79 Å². The highest BCUT2D eigenvalue weighted by Crippen LogP contribution is 2.32. The molecule has 2 heterocycles. The molecule has 110 valence electrons. The van der Waals surface area contributed by atoms with Crippen molar-refractivity contribution in [2.75, 3.05) is 25.4 Å². The molecule has 3 nitrogen and oxygen atoms in total. The molecule has 4 heteroatoms. The summed E-state index contributed by atoms with van der Waals surface area (Å²) in [6.45, 7) is 4.98. The molecule has 2 saturated heterocycles. The van der Waals surface area contributed by atoms with Gasteiger partial charge in [-0.1, -0.05) is 19.8 Å². The van der Waals surface area contributed by atoms with E-state index in [2.05, 4.69) is 17.6 Å². The summed E-state index contributed by atoms with van der Waals surface area (Å²) in [5, 5.41) is 7.31. The fraction of sp³-hybridized carbons (Fsp3) is 0.933. The highest BCUT2D eigenvalue weighted by atomic mass is 32.2. The van der Waals surface area contributed by atoms with Crippen LogP contribution >= 0.6 is 11.8 Å². The van der Waals surface area contributed by atoms with Crippen molar-refractivity contribution in [1.82, 2.24) is 10.6 Å². The molecule has 0 bridgehead atoms. The molecule has 19 heavy (non-hydrogen) atoms. The first-order chi connectivity index (χ1) is 9.27. The Kier molecular flexibility index (Phi) is 6.02. The molecule has 0 radical (unpaired) electrons. The summed E-state index contributed by atoms with van der Waals surface area (Å²) >= 11 is 2.03. The molecule has 2 unspecified atom stereocenters. The van der Waals surface area contributed by atoms with Gasteiger partial charge in [-0.3, -0.25) is 4.79 Å². The SMILES string of the molecule is CCCC1(C(=O)NCC2CCCCS2)CCCNC1. The lowest BCUT2D eigenvalue weighted by Crippen LogP contribution is -2.51. The molecule has 2 N–H and O–H groups in total. The number of nitrogens with one attached hydrogen (secondary N) is 2. The van der Waals surface area contributed by atoms with Crippen LogP contribution < -0.4 is 10.6 Å². The van der Waals surface area contributed by atoms with Crippen LogP contribution in [0.4, 0.5) is 0 Å². The summed E-state index contributed by atoms with van der Waals surface area (Å²) in [5.41, 5.74) is -0.133. The molecule has 0 spiro atoms. The van der Waals surface area contributed by atoms with Gasteiger partial charge in [0, 0.05) is 18.3 Å². The van der Waals surface area contributed by atoms with Crippen LogP contribution in [0.5, 0.6) is 0 Å². The lowest BCUT2D eigenvalue weighted by Gasteiger charge is -2.36. The second kappa shape index (κ2) is 7.53. The van der Waals surface area contributed by atoms with Crippen LogP contribution in [-0.4, -0.2) is 36.5 Å². The second-order valence-electron chi connectivity index (χ2n) is 6.01. The Bertz CT molecular complexity index is 278. The number of amides is 1. The van der Waals surface area contributed by atoms with Crippen LogP contribution in [0.2, 0.25) is 0 Å². The van der Waals surface area contributed by atoms with Crippen molar-refractivity contribution in [3.8, 4) is 0 Å². The Balaban J connectivity index is 1.84. The van der Waals surface area contributed by atoms with Gasteiger partial charge in [-0.05, 0) is 44.4 Å². The van der Waals surface area contributed by atoms with Crippen molar-refractivity contribution in [2.45, 2.75) is 57.1 Å². The summed E-state index contributed by atoms with van der Waals surface area (Å²) in [7, 11) is 0. The molecule has 2 aliphatic rings. The monoisotopic (exact) mass is 284 g/mol. The van der Waals surface area contributed by atoms with E-state index in [0.29, 0.717) is 11.2 Å². The van der Waals surface area contributed by atoms with E-state index in [-0.39, 0.29) is 5.41 Å². The van der Waals surface area contributed by atoms with Gasteiger partial charge in [0.25, 0.3) is 0 Å². The largest absolute Gasteiger partial charge is 0.354 e. The zero-order valence-corrected chi connectivity index (χ0v) is 13.0. The summed E-state index contributed by atoms with van der Waals surface area (Å²) in [6, 6.07) is 0. The van der Waals surface area contributed by atoms with Gasteiger partial charge in [0.05, 0.1) is 5.41 Å². The molecular weight excluding hydrogens is 256 g/mol. The Hall–Kier alpha value is -0.220. The first-order valence-electron chi connectivity index (χ1n) is 7.87. The highest BCUT2D eigenvalue weighted by molar-refractivity contribution is 7.99. The summed E-state index contributed by atoms with van der Waals surface area (Å²) in [6.07, 6.45) is 8.23. The number of hydrogen-bond acceptors (Lipinski definition) is 3. The predicted molar refractivity (Wildman–Crippen MR) is 82.6 cm³/mol. The highest BCUT2D eigenvalue weighted by Gasteiger charge is 2.38. The molecule has 2 atom stereocenters. The van der Waals surface area contributed by atoms with Gasteiger partial charge in [-0.15, -0.1) is 0 Å². The fourth-order valence-electron chi connectivity index (χ4n) is 3.33. The van der Waals surface area contributed by atoms with E-state index in [4.69, 9.17) is 0 Å². The minimum Gasteiger partial charge on any atom is -0.354 e. The topological polar surface area (TPSA) is 41.1 Å². The third-order valence-electron chi connectivity index (χ3n) is 4.45. The van der Waals surface area contributed by atoms with Crippen molar-refractivity contribution in [2.24, 2.45) is 5.41 Å². The van der Waals surface area contributed by atoms with E-state index in [1.807, 2.05) is 11.8 Å². The van der Waals surface area contributed by atoms with E-state index in [0.717, 1.165) is 45.3 Å². The van der Waals surface area contributed by atoms with E-state index in [1.54, 1.807) is 0 Å². The molecule has 2 aliphatic heterocycles. The molecule has 1 amide bonds. The van der Waals surface area contributed by atoms with Crippen LogP contribution in [0.1, 0.15) is 51.9 Å². The third-order valence-corrected chi connectivity index (χ3v) is 5.84. The minimum absolute atomic E-state index is 0.133. The van der Waals surface area contributed by atoms with Gasteiger partial charge in [0.2, 0.25) is 5.91 Å². The standard InChI is InChI=1S/C15H28N2OS/c1-2-7-15(8-5-9-16-12-15)14(18)17-11-13-6-3-4-10-19-13/h13,16H,2-12H2,1H3,(H,17,18). The average Bonchev–Trinajstić information content (AvgIpc) is 2.47. The van der Waals surface area contributed by atoms with Crippen LogP contribution in [0.25, 0.3) is 0 Å². The van der Waals surface area contributed by atoms with Gasteiger partial charge >= 0.3 is 0 Å². The maximum absolute atomic E-state index is 12.6. The molecule has 0 aromatic heterocycles. The van der Waals surface area contributed by atoms with Crippen molar-refractivity contribution < 1.29 is 4.79 Å². The Morgan fingerprint density at radius 3 is 2.95 bits per heavy atom. The van der Waals surface area contributed by atoms with Crippen molar-refractivity contribution in [3.05, 3.63) is 0 Å². The van der Waals surface area contributed by atoms with Crippen molar-refractivity contribution >= 4 is 17.7 Å². The Morgan fingerprint density at radius 1 is 1.42 bits per heavy atom. The molecule has 0 aromatic carbocycles. The first-order valence-corrected chi connectivity index (χ1v) is 8.92. The summed E-state index contributed by atoms with van der Waals surface area (Å²) < 4.78 is 0. The maximum Gasteiger partial charge on any atom is 0.227 e. The van der Waals surface area contributed by atoms with E-state index in [9.17, 15) is 4.79 Å². The Labute approximate surface area is 121 Å². The summed E-state index contributed by atoms with van der Waals surface area (Å²) in [4.78, 5) is 12.6. The number of carbonyl (C=O) groups is 1. The minimum atomic E-state index is -0.133. The van der Waals surface area contributed by atoms with E-state index in [1.165, 1.54) is 25.0 Å². The van der Waals surface area contributed by atoms with E-state index >= 15 is 0 Å². The number of thioether (sulfide) groups is 1. The number of carbonyl (C=O) groups excluding carboxylic acids is 1. The van der Waals surface area contributed by atoms with Crippen molar-refractivity contribution in [1.29, 1.82) is 0 Å².